The lowest BCUT2D eigenvalue weighted by Gasteiger charge is -2.24. The molecule has 1 amide bonds. The van der Waals surface area contributed by atoms with Crippen molar-refractivity contribution in [3.63, 3.8) is 0 Å². The molecule has 0 aliphatic carbocycles. The van der Waals surface area contributed by atoms with Gasteiger partial charge in [-0.25, -0.2) is 4.98 Å². The highest BCUT2D eigenvalue weighted by molar-refractivity contribution is 5.78. The highest BCUT2D eigenvalue weighted by Crippen LogP contribution is 2.29. The molecule has 0 spiro atoms. The van der Waals surface area contributed by atoms with Crippen LogP contribution in [-0.2, 0) is 28.8 Å². The lowest BCUT2D eigenvalue weighted by molar-refractivity contribution is -0.137. The first kappa shape index (κ1) is 21.0. The monoisotopic (exact) mass is 383 g/mol. The Bertz CT molecular complexity index is 739. The molecule has 1 aromatic heterocycles. The van der Waals surface area contributed by atoms with Crippen molar-refractivity contribution in [2.75, 3.05) is 20.3 Å². The number of hydrogen-bond acceptors (Lipinski definition) is 3. The number of methoxy groups -OCH3 is 1. The first-order chi connectivity index (χ1) is 12.7. The minimum absolute atomic E-state index is 0.00358. The number of carbonyl (C=O) groups excluding carboxylic acids is 1. The van der Waals surface area contributed by atoms with Gasteiger partial charge in [0.25, 0.3) is 0 Å². The average Bonchev–Trinajstić information content (AvgIpc) is 3.04. The molecule has 27 heavy (non-hydrogen) atoms. The Morgan fingerprint density at radius 2 is 1.93 bits per heavy atom. The van der Waals surface area contributed by atoms with Gasteiger partial charge in [-0.3, -0.25) is 4.79 Å². The van der Waals surface area contributed by atoms with Crippen molar-refractivity contribution >= 4 is 5.91 Å². The second kappa shape index (κ2) is 9.03. The van der Waals surface area contributed by atoms with Gasteiger partial charge in [-0.15, -0.1) is 0 Å². The smallest absolute Gasteiger partial charge is 0.383 e. The highest BCUT2D eigenvalue weighted by Gasteiger charge is 2.30. The van der Waals surface area contributed by atoms with E-state index in [0.29, 0.717) is 32.1 Å². The molecule has 0 saturated carbocycles. The molecule has 148 valence electrons. The van der Waals surface area contributed by atoms with Gasteiger partial charge in [0.15, 0.2) is 0 Å². The molecular formula is C19H24F3N3O2. The zero-order valence-corrected chi connectivity index (χ0v) is 15.7. The van der Waals surface area contributed by atoms with Crippen LogP contribution in [0.25, 0.3) is 0 Å². The molecule has 0 fully saturated rings. The largest absolute Gasteiger partial charge is 0.416 e. The van der Waals surface area contributed by atoms with Crippen LogP contribution in [0.2, 0.25) is 0 Å². The molecule has 0 aliphatic heterocycles. The van der Waals surface area contributed by atoms with Crippen molar-refractivity contribution in [3.05, 3.63) is 53.6 Å². The third kappa shape index (κ3) is 5.82. The summed E-state index contributed by atoms with van der Waals surface area (Å²) in [6.07, 6.45) is -0.979. The first-order valence-corrected chi connectivity index (χ1v) is 8.66. The predicted molar refractivity (Wildman–Crippen MR) is 94.9 cm³/mol. The number of imidazole rings is 1. The van der Waals surface area contributed by atoms with Crippen LogP contribution in [0.4, 0.5) is 13.2 Å². The number of alkyl halides is 3. The van der Waals surface area contributed by atoms with Crippen LogP contribution in [-0.4, -0.2) is 40.6 Å². The summed E-state index contributed by atoms with van der Waals surface area (Å²) in [5.74, 6) is 0.510. The standard InChI is InChI=1S/C19H24F3N3O2/c1-14(2)18(26)25(10-11-27-3)13-17-23-8-9-24(17)12-15-4-6-16(7-5-15)19(20,21)22/h4-9,14H,10-13H2,1-3H3. The summed E-state index contributed by atoms with van der Waals surface area (Å²) in [4.78, 5) is 18.4. The highest BCUT2D eigenvalue weighted by atomic mass is 19.4. The van der Waals surface area contributed by atoms with Crippen LogP contribution in [0.1, 0.15) is 30.8 Å². The van der Waals surface area contributed by atoms with Gasteiger partial charge in [0, 0.05) is 38.5 Å². The van der Waals surface area contributed by atoms with Gasteiger partial charge in [0.05, 0.1) is 18.7 Å². The Balaban J connectivity index is 2.13. The van der Waals surface area contributed by atoms with Gasteiger partial charge in [0.2, 0.25) is 5.91 Å². The fourth-order valence-electron chi connectivity index (χ4n) is 2.64. The maximum atomic E-state index is 12.7. The number of amides is 1. The molecule has 2 rings (SSSR count). The number of carbonyl (C=O) groups is 1. The van der Waals surface area contributed by atoms with Crippen molar-refractivity contribution in [1.29, 1.82) is 0 Å². The molecule has 1 heterocycles. The van der Waals surface area contributed by atoms with Crippen molar-refractivity contribution in [3.8, 4) is 0 Å². The summed E-state index contributed by atoms with van der Waals surface area (Å²) in [5, 5.41) is 0. The van der Waals surface area contributed by atoms with Gasteiger partial charge >= 0.3 is 6.18 Å². The topological polar surface area (TPSA) is 47.4 Å². The van der Waals surface area contributed by atoms with Gasteiger partial charge in [-0.05, 0) is 17.7 Å². The summed E-state index contributed by atoms with van der Waals surface area (Å²) >= 11 is 0. The number of hydrogen-bond donors (Lipinski definition) is 0. The Hall–Kier alpha value is -2.35. The Kier molecular flexibility index (Phi) is 7.01. The minimum Gasteiger partial charge on any atom is -0.383 e. The van der Waals surface area contributed by atoms with E-state index in [2.05, 4.69) is 4.98 Å². The molecule has 0 bridgehead atoms. The molecule has 5 nitrogen and oxygen atoms in total. The summed E-state index contributed by atoms with van der Waals surface area (Å²) in [5.41, 5.74) is 0.0475. The van der Waals surface area contributed by atoms with E-state index in [4.69, 9.17) is 4.74 Å². The van der Waals surface area contributed by atoms with Gasteiger partial charge < -0.3 is 14.2 Å². The zero-order valence-electron chi connectivity index (χ0n) is 15.7. The first-order valence-electron chi connectivity index (χ1n) is 8.66. The van der Waals surface area contributed by atoms with E-state index in [1.54, 1.807) is 24.4 Å². The lowest BCUT2D eigenvalue weighted by atomic mass is 10.1. The summed E-state index contributed by atoms with van der Waals surface area (Å²) < 4.78 is 45.0. The molecule has 2 aromatic rings. The average molecular weight is 383 g/mol. The van der Waals surface area contributed by atoms with Crippen LogP contribution in [0.15, 0.2) is 36.7 Å². The second-order valence-electron chi connectivity index (χ2n) is 6.57. The third-order valence-corrected chi connectivity index (χ3v) is 4.14. The molecule has 0 atom stereocenters. The fourth-order valence-corrected chi connectivity index (χ4v) is 2.64. The van der Waals surface area contributed by atoms with E-state index in [0.717, 1.165) is 17.7 Å². The number of benzene rings is 1. The molecule has 0 saturated heterocycles. The molecule has 0 unspecified atom stereocenters. The number of aromatic nitrogens is 2. The maximum absolute atomic E-state index is 12.7. The van der Waals surface area contributed by atoms with Crippen molar-refractivity contribution < 1.29 is 22.7 Å². The van der Waals surface area contributed by atoms with Crippen molar-refractivity contribution in [2.24, 2.45) is 5.92 Å². The lowest BCUT2D eigenvalue weighted by Crippen LogP contribution is -2.37. The van der Waals surface area contributed by atoms with Crippen molar-refractivity contribution in [2.45, 2.75) is 33.1 Å². The minimum atomic E-state index is -4.35. The van der Waals surface area contributed by atoms with Crippen LogP contribution in [0.3, 0.4) is 0 Å². The SMILES string of the molecule is COCCN(Cc1nccn1Cc1ccc(C(F)(F)F)cc1)C(=O)C(C)C. The molecular weight excluding hydrogens is 359 g/mol. The van der Waals surface area contributed by atoms with E-state index >= 15 is 0 Å². The van der Waals surface area contributed by atoms with E-state index in [-0.39, 0.29) is 11.8 Å². The maximum Gasteiger partial charge on any atom is 0.416 e. The number of nitrogens with zero attached hydrogens (tertiary/aromatic N) is 3. The van der Waals surface area contributed by atoms with Crippen LogP contribution < -0.4 is 0 Å². The fraction of sp³-hybridized carbons (Fsp3) is 0.474. The van der Waals surface area contributed by atoms with Crippen molar-refractivity contribution in [1.82, 2.24) is 14.5 Å². The summed E-state index contributed by atoms with van der Waals surface area (Å²) in [6.45, 7) is 5.21. The summed E-state index contributed by atoms with van der Waals surface area (Å²) in [7, 11) is 1.57. The van der Waals surface area contributed by atoms with Gasteiger partial charge in [0.1, 0.15) is 5.82 Å². The molecule has 0 N–H and O–H groups in total. The zero-order chi connectivity index (χ0) is 20.0. The molecule has 8 heteroatoms. The molecule has 1 aromatic carbocycles. The van der Waals surface area contributed by atoms with E-state index in [9.17, 15) is 18.0 Å². The third-order valence-electron chi connectivity index (χ3n) is 4.14. The number of ether oxygens (including phenoxy) is 1. The van der Waals surface area contributed by atoms with Gasteiger partial charge in [-0.1, -0.05) is 26.0 Å². The van der Waals surface area contributed by atoms with E-state index < -0.39 is 11.7 Å². The van der Waals surface area contributed by atoms with Crippen LogP contribution >= 0.6 is 0 Å². The summed E-state index contributed by atoms with van der Waals surface area (Å²) in [6, 6.07) is 5.04. The van der Waals surface area contributed by atoms with E-state index in [1.165, 1.54) is 12.1 Å². The Morgan fingerprint density at radius 1 is 1.26 bits per heavy atom. The van der Waals surface area contributed by atoms with E-state index in [1.807, 2.05) is 18.4 Å². The van der Waals surface area contributed by atoms with Gasteiger partial charge in [-0.2, -0.15) is 13.2 Å². The Morgan fingerprint density at radius 3 is 2.48 bits per heavy atom. The number of halogens is 3. The normalized spacial score (nSPS) is 11.8. The van der Waals surface area contributed by atoms with Crippen LogP contribution in [0.5, 0.6) is 0 Å². The second-order valence-corrected chi connectivity index (χ2v) is 6.57. The number of rotatable bonds is 8. The van der Waals surface area contributed by atoms with Crippen LogP contribution in [0, 0.1) is 5.92 Å². The Labute approximate surface area is 156 Å². The molecule has 0 radical (unpaired) electrons. The quantitative estimate of drug-likeness (QED) is 0.700. The molecule has 0 aliphatic rings. The predicted octanol–water partition coefficient (Wildman–Crippen LogP) is 3.58.